The van der Waals surface area contributed by atoms with Crippen molar-refractivity contribution in [3.05, 3.63) is 0 Å². The van der Waals surface area contributed by atoms with Crippen LogP contribution in [0.5, 0.6) is 0 Å². The summed E-state index contributed by atoms with van der Waals surface area (Å²) in [6.07, 6.45) is 4.74. The molecule has 96 valence electrons. The highest BCUT2D eigenvalue weighted by atomic mass is 32.1. The van der Waals surface area contributed by atoms with Crippen molar-refractivity contribution in [1.29, 1.82) is 0 Å². The van der Waals surface area contributed by atoms with Crippen LogP contribution >= 0.6 is 12.6 Å². The van der Waals surface area contributed by atoms with Gasteiger partial charge >= 0.3 is 0 Å². The first kappa shape index (κ1) is 14.3. The summed E-state index contributed by atoms with van der Waals surface area (Å²) in [5.41, 5.74) is 0. The second-order valence-electron chi connectivity index (χ2n) is 5.22. The molecule has 1 heterocycles. The fourth-order valence-electron chi connectivity index (χ4n) is 2.63. The van der Waals surface area contributed by atoms with Crippen LogP contribution in [0.1, 0.15) is 39.5 Å². The normalized spacial score (nSPS) is 23.2. The molecule has 1 rings (SSSR count). The molecule has 1 fully saturated rings. The molecule has 1 aliphatic heterocycles. The summed E-state index contributed by atoms with van der Waals surface area (Å²) < 4.78 is 0. The zero-order chi connectivity index (χ0) is 12.0. The first-order chi connectivity index (χ1) is 7.67. The Morgan fingerprint density at radius 2 is 2.00 bits per heavy atom. The van der Waals surface area contributed by atoms with E-state index < -0.39 is 0 Å². The van der Waals surface area contributed by atoms with Gasteiger partial charge in [0.1, 0.15) is 0 Å². The van der Waals surface area contributed by atoms with Crippen LogP contribution in [0.4, 0.5) is 0 Å². The van der Waals surface area contributed by atoms with Gasteiger partial charge in [0, 0.05) is 6.54 Å². The molecule has 0 radical (unpaired) electrons. The van der Waals surface area contributed by atoms with Crippen molar-refractivity contribution in [3.63, 3.8) is 0 Å². The number of rotatable bonds is 6. The minimum absolute atomic E-state index is 0.126. The summed E-state index contributed by atoms with van der Waals surface area (Å²) >= 11 is 4.43. The van der Waals surface area contributed by atoms with Gasteiger partial charge in [-0.2, -0.15) is 12.6 Å². The second-order valence-corrected chi connectivity index (χ2v) is 5.58. The first-order valence-electron chi connectivity index (χ1n) is 6.68. The highest BCUT2D eigenvalue weighted by Crippen LogP contribution is 2.22. The van der Waals surface area contributed by atoms with E-state index in [0.29, 0.717) is 5.92 Å². The van der Waals surface area contributed by atoms with Gasteiger partial charge in [0.2, 0.25) is 0 Å². The molecule has 0 aliphatic carbocycles. The molecule has 16 heavy (non-hydrogen) atoms. The molecule has 1 saturated heterocycles. The topological polar surface area (TPSA) is 23.5 Å². The fraction of sp³-hybridized carbons (Fsp3) is 1.00. The van der Waals surface area contributed by atoms with E-state index in [0.717, 1.165) is 37.6 Å². The van der Waals surface area contributed by atoms with Gasteiger partial charge in [0.25, 0.3) is 0 Å². The number of piperidine rings is 1. The monoisotopic (exact) mass is 245 g/mol. The summed E-state index contributed by atoms with van der Waals surface area (Å²) in [5.74, 6) is 2.28. The molecule has 0 spiro atoms. The van der Waals surface area contributed by atoms with Crippen LogP contribution in [0.2, 0.25) is 0 Å². The third-order valence-electron chi connectivity index (χ3n) is 3.79. The molecule has 2 atom stereocenters. The van der Waals surface area contributed by atoms with Crippen LogP contribution in [-0.4, -0.2) is 41.5 Å². The van der Waals surface area contributed by atoms with Gasteiger partial charge in [0.05, 0.1) is 6.10 Å². The average Bonchev–Trinajstić information content (AvgIpc) is 2.29. The van der Waals surface area contributed by atoms with E-state index in [1.54, 1.807) is 0 Å². The van der Waals surface area contributed by atoms with Gasteiger partial charge in [-0.25, -0.2) is 0 Å². The van der Waals surface area contributed by atoms with E-state index in [1.165, 1.54) is 19.4 Å². The fourth-order valence-corrected chi connectivity index (χ4v) is 2.93. The summed E-state index contributed by atoms with van der Waals surface area (Å²) in [7, 11) is 0. The van der Waals surface area contributed by atoms with Crippen molar-refractivity contribution in [2.75, 3.05) is 25.4 Å². The molecular weight excluding hydrogens is 218 g/mol. The molecular formula is C13H27NOS. The Morgan fingerprint density at radius 3 is 2.44 bits per heavy atom. The Hall–Kier alpha value is 0.270. The Kier molecular flexibility index (Phi) is 6.78. The number of hydrogen-bond donors (Lipinski definition) is 2. The van der Waals surface area contributed by atoms with Crippen molar-refractivity contribution >= 4 is 12.6 Å². The van der Waals surface area contributed by atoms with Gasteiger partial charge < -0.3 is 10.0 Å². The van der Waals surface area contributed by atoms with Crippen LogP contribution in [0.15, 0.2) is 0 Å². The summed E-state index contributed by atoms with van der Waals surface area (Å²) in [5, 5.41) is 9.54. The van der Waals surface area contributed by atoms with Gasteiger partial charge in [-0.15, -0.1) is 0 Å². The lowest BCUT2D eigenvalue weighted by molar-refractivity contribution is 0.0671. The molecule has 0 amide bonds. The summed E-state index contributed by atoms with van der Waals surface area (Å²) in [6.45, 7) is 7.68. The molecule has 2 unspecified atom stereocenters. The number of nitrogens with zero attached hydrogens (tertiary/aromatic N) is 1. The third-order valence-corrected chi connectivity index (χ3v) is 4.30. The number of aliphatic hydroxyl groups is 1. The summed E-state index contributed by atoms with van der Waals surface area (Å²) in [6, 6.07) is 0. The van der Waals surface area contributed by atoms with Crippen LogP contribution in [0.3, 0.4) is 0 Å². The van der Waals surface area contributed by atoms with E-state index in [2.05, 4.69) is 24.5 Å². The number of aliphatic hydroxyl groups excluding tert-OH is 1. The van der Waals surface area contributed by atoms with Gasteiger partial charge in [-0.05, 0) is 56.9 Å². The van der Waals surface area contributed by atoms with Crippen molar-refractivity contribution in [2.45, 2.75) is 45.6 Å². The maximum atomic E-state index is 9.54. The molecule has 0 aromatic heterocycles. The predicted octanol–water partition coefficient (Wildman–Crippen LogP) is 2.43. The Bertz CT molecular complexity index is 179. The molecule has 3 heteroatoms. The maximum absolute atomic E-state index is 9.54. The Balaban J connectivity index is 2.25. The van der Waals surface area contributed by atoms with E-state index >= 15 is 0 Å². The van der Waals surface area contributed by atoms with Crippen LogP contribution in [0, 0.1) is 11.8 Å². The quantitative estimate of drug-likeness (QED) is 0.702. The lowest BCUT2D eigenvalue weighted by Crippen LogP contribution is -2.39. The van der Waals surface area contributed by atoms with Crippen LogP contribution < -0.4 is 0 Å². The van der Waals surface area contributed by atoms with E-state index in [9.17, 15) is 5.11 Å². The Morgan fingerprint density at radius 1 is 1.38 bits per heavy atom. The SMILES string of the molecule is CCCC(CS)CN1CCC(C(C)O)CC1. The molecule has 1 N–H and O–H groups in total. The van der Waals surface area contributed by atoms with E-state index in [1.807, 2.05) is 6.92 Å². The predicted molar refractivity (Wildman–Crippen MR) is 73.1 cm³/mol. The highest BCUT2D eigenvalue weighted by Gasteiger charge is 2.23. The minimum atomic E-state index is -0.126. The zero-order valence-corrected chi connectivity index (χ0v) is 11.6. The standard InChI is InChI=1S/C13H27NOS/c1-3-4-12(10-16)9-14-7-5-13(6-8-14)11(2)15/h11-13,15-16H,3-10H2,1-2H3. The van der Waals surface area contributed by atoms with Crippen molar-refractivity contribution in [2.24, 2.45) is 11.8 Å². The molecule has 0 bridgehead atoms. The third kappa shape index (κ3) is 4.64. The van der Waals surface area contributed by atoms with E-state index in [-0.39, 0.29) is 6.10 Å². The van der Waals surface area contributed by atoms with Gasteiger partial charge in [-0.3, -0.25) is 0 Å². The van der Waals surface area contributed by atoms with Crippen LogP contribution in [0.25, 0.3) is 0 Å². The molecule has 0 aromatic carbocycles. The second kappa shape index (κ2) is 7.57. The lowest BCUT2D eigenvalue weighted by atomic mass is 9.91. The van der Waals surface area contributed by atoms with Crippen LogP contribution in [-0.2, 0) is 0 Å². The smallest absolute Gasteiger partial charge is 0.0541 e. The molecule has 0 saturated carbocycles. The summed E-state index contributed by atoms with van der Waals surface area (Å²) in [4.78, 5) is 2.55. The van der Waals surface area contributed by atoms with Crippen molar-refractivity contribution < 1.29 is 5.11 Å². The number of hydrogen-bond acceptors (Lipinski definition) is 3. The maximum Gasteiger partial charge on any atom is 0.0541 e. The minimum Gasteiger partial charge on any atom is -0.393 e. The van der Waals surface area contributed by atoms with Gasteiger partial charge in [-0.1, -0.05) is 13.3 Å². The highest BCUT2D eigenvalue weighted by molar-refractivity contribution is 7.80. The van der Waals surface area contributed by atoms with Crippen molar-refractivity contribution in [1.82, 2.24) is 4.90 Å². The molecule has 0 aromatic rings. The van der Waals surface area contributed by atoms with Crippen molar-refractivity contribution in [3.8, 4) is 0 Å². The lowest BCUT2D eigenvalue weighted by Gasteiger charge is -2.35. The molecule has 2 nitrogen and oxygen atoms in total. The largest absolute Gasteiger partial charge is 0.393 e. The zero-order valence-electron chi connectivity index (χ0n) is 10.7. The number of thiol groups is 1. The first-order valence-corrected chi connectivity index (χ1v) is 7.31. The molecule has 1 aliphatic rings. The van der Waals surface area contributed by atoms with Gasteiger partial charge in [0.15, 0.2) is 0 Å². The number of likely N-dealkylation sites (tertiary alicyclic amines) is 1. The van der Waals surface area contributed by atoms with E-state index in [4.69, 9.17) is 0 Å². The Labute approximate surface area is 106 Å². The average molecular weight is 245 g/mol.